The van der Waals surface area contributed by atoms with Crippen LogP contribution in [0.2, 0.25) is 0 Å². The number of carbonyl (C=O) groups excluding carboxylic acids is 1. The minimum absolute atomic E-state index is 0.0146. The van der Waals surface area contributed by atoms with E-state index in [0.29, 0.717) is 45.9 Å². The summed E-state index contributed by atoms with van der Waals surface area (Å²) >= 11 is 13.5. The summed E-state index contributed by atoms with van der Waals surface area (Å²) in [6.45, 7) is 7.83. The fraction of sp³-hybridized carbons (Fsp3) is 0.483. The van der Waals surface area contributed by atoms with Crippen LogP contribution in [0, 0.1) is 19.3 Å². The second-order valence-electron chi connectivity index (χ2n) is 10.8. The molecular weight excluding hydrogens is 553 g/mol. The van der Waals surface area contributed by atoms with E-state index >= 15 is 0 Å². The number of hydrogen-bond donors (Lipinski definition) is 2. The van der Waals surface area contributed by atoms with Gasteiger partial charge in [0, 0.05) is 37.2 Å². The molecule has 2 fully saturated rings. The molecule has 1 spiro atoms. The van der Waals surface area contributed by atoms with Crippen molar-refractivity contribution in [3.8, 4) is 5.75 Å². The summed E-state index contributed by atoms with van der Waals surface area (Å²) in [6.07, 6.45) is 4.80. The molecule has 0 saturated carbocycles. The quantitative estimate of drug-likeness (QED) is 0.514. The van der Waals surface area contributed by atoms with Crippen molar-refractivity contribution in [2.45, 2.75) is 57.2 Å². The number of nitrogens with zero attached hydrogens (tertiary/aromatic N) is 3. The minimum Gasteiger partial charge on any atom is -0.484 e. The first-order chi connectivity index (χ1) is 19.1. The molecule has 11 heteroatoms. The second-order valence-corrected chi connectivity index (χ2v) is 11.7. The molecule has 9 nitrogen and oxygen atoms in total. The molecule has 1 aromatic carbocycles. The minimum atomic E-state index is -0.731. The van der Waals surface area contributed by atoms with E-state index in [1.165, 1.54) is 4.57 Å². The van der Waals surface area contributed by atoms with E-state index < -0.39 is 11.5 Å². The summed E-state index contributed by atoms with van der Waals surface area (Å²) in [7, 11) is 1.58. The number of ether oxygens (including phenoxy) is 2. The first-order valence-corrected chi connectivity index (χ1v) is 14.3. The maximum absolute atomic E-state index is 13.7. The molecule has 5 rings (SSSR count). The highest BCUT2D eigenvalue weighted by Gasteiger charge is 2.47. The summed E-state index contributed by atoms with van der Waals surface area (Å²) in [4.78, 5) is 32.5. The molecule has 1 amide bonds. The third-order valence-electron chi connectivity index (χ3n) is 8.43. The number of aromatic nitrogens is 2. The van der Waals surface area contributed by atoms with Crippen molar-refractivity contribution in [3.63, 3.8) is 0 Å². The molecule has 0 radical (unpaired) electrons. The van der Waals surface area contributed by atoms with E-state index in [4.69, 9.17) is 43.4 Å². The van der Waals surface area contributed by atoms with Crippen LogP contribution in [0.1, 0.15) is 41.5 Å². The molecule has 3 heterocycles. The van der Waals surface area contributed by atoms with Crippen LogP contribution in [0.5, 0.6) is 5.75 Å². The number of nitrogens with two attached hydrogens (primary N) is 1. The summed E-state index contributed by atoms with van der Waals surface area (Å²) in [5.74, 6) is 1.57. The zero-order valence-electron chi connectivity index (χ0n) is 23.1. The highest BCUT2D eigenvalue weighted by atomic mass is 35.5. The van der Waals surface area contributed by atoms with Crippen LogP contribution in [-0.2, 0) is 4.74 Å². The van der Waals surface area contributed by atoms with Crippen LogP contribution in [-0.4, -0.2) is 65.8 Å². The molecule has 0 bridgehead atoms. The average Bonchev–Trinajstić information content (AvgIpc) is 3.23. The number of rotatable bonds is 5. The molecular formula is C29H35Cl2N5O4. The molecule has 3 N–H and O–H groups in total. The zero-order valence-corrected chi connectivity index (χ0v) is 24.6. The lowest BCUT2D eigenvalue weighted by Gasteiger charge is -2.42. The Hall–Kier alpha value is -2.85. The Kier molecular flexibility index (Phi) is 8.03. The smallest absolute Gasteiger partial charge is 0.263 e. The summed E-state index contributed by atoms with van der Waals surface area (Å²) in [5, 5.41) is 2.14. The van der Waals surface area contributed by atoms with Crippen molar-refractivity contribution in [3.05, 3.63) is 68.8 Å². The first-order valence-electron chi connectivity index (χ1n) is 13.5. The Bertz CT molecular complexity index is 1410. The highest BCUT2D eigenvalue weighted by molar-refractivity contribution is 6.40. The van der Waals surface area contributed by atoms with Crippen LogP contribution in [0.25, 0.3) is 5.70 Å². The van der Waals surface area contributed by atoms with Crippen LogP contribution in [0.4, 0.5) is 5.82 Å². The van der Waals surface area contributed by atoms with Gasteiger partial charge < -0.3 is 25.4 Å². The molecule has 2 aromatic rings. The van der Waals surface area contributed by atoms with Crippen molar-refractivity contribution in [1.29, 1.82) is 0 Å². The summed E-state index contributed by atoms with van der Waals surface area (Å²) < 4.78 is 13.4. The largest absolute Gasteiger partial charge is 0.484 e. The van der Waals surface area contributed by atoms with Gasteiger partial charge in [-0.1, -0.05) is 11.6 Å². The Balaban J connectivity index is 1.34. The van der Waals surface area contributed by atoms with Gasteiger partial charge in [0.1, 0.15) is 28.9 Å². The normalized spacial score (nSPS) is 25.9. The maximum atomic E-state index is 13.7. The molecule has 3 aliphatic rings. The number of carbonyl (C=O) groups is 1. The Morgan fingerprint density at radius 1 is 1.23 bits per heavy atom. The molecule has 1 aromatic heterocycles. The van der Waals surface area contributed by atoms with Gasteiger partial charge in [0.25, 0.3) is 11.5 Å². The number of aryl methyl sites for hydroxylation is 1. The Labute approximate surface area is 243 Å². The van der Waals surface area contributed by atoms with Crippen LogP contribution in [0.15, 0.2) is 46.2 Å². The number of benzene rings is 1. The second kappa shape index (κ2) is 11.2. The number of hydrogen-bond acceptors (Lipinski definition) is 7. The fourth-order valence-electron chi connectivity index (χ4n) is 5.84. The third kappa shape index (κ3) is 5.04. The molecule has 2 aliphatic heterocycles. The number of nitrogens with one attached hydrogen (secondary N) is 1. The lowest BCUT2D eigenvalue weighted by molar-refractivity contribution is 0.0962. The number of alkyl halides is 1. The van der Waals surface area contributed by atoms with Gasteiger partial charge in [-0.05, 0) is 70.0 Å². The van der Waals surface area contributed by atoms with Crippen molar-refractivity contribution in [2.75, 3.05) is 31.6 Å². The van der Waals surface area contributed by atoms with Crippen molar-refractivity contribution < 1.29 is 14.3 Å². The molecule has 2 saturated heterocycles. The van der Waals surface area contributed by atoms with Gasteiger partial charge in [-0.3, -0.25) is 14.2 Å². The number of allylic oxidation sites excluding steroid dienone is 2. The van der Waals surface area contributed by atoms with Crippen molar-refractivity contribution >= 4 is 40.6 Å². The van der Waals surface area contributed by atoms with Gasteiger partial charge in [-0.2, -0.15) is 0 Å². The van der Waals surface area contributed by atoms with Crippen LogP contribution >= 0.6 is 23.2 Å². The van der Waals surface area contributed by atoms with E-state index in [2.05, 4.69) is 10.2 Å². The predicted molar refractivity (Wildman–Crippen MR) is 157 cm³/mol. The van der Waals surface area contributed by atoms with Gasteiger partial charge in [0.15, 0.2) is 0 Å². The molecule has 40 heavy (non-hydrogen) atoms. The standard InChI is InChI=1S/C29H35Cl2N5O4/c1-16-26(35-13-11-29(12-14-35)15-39-17(2)25(29)32)34-18(3)36(28(16)38)21-9-10-22(24(31)23(21)30)40-20-7-5-19(6-8-20)27(37)33-4/h5-10,17,22,24-25H,11-15,32H2,1-4H3,(H,33,37)/t17-,22+,24+,25+/m0/s1. The third-order valence-corrected chi connectivity index (χ3v) is 9.44. The van der Waals surface area contributed by atoms with E-state index in [-0.39, 0.29) is 29.0 Å². The van der Waals surface area contributed by atoms with E-state index in [9.17, 15) is 9.59 Å². The van der Waals surface area contributed by atoms with Crippen LogP contribution in [0.3, 0.4) is 0 Å². The molecule has 1 aliphatic carbocycles. The van der Waals surface area contributed by atoms with Crippen molar-refractivity contribution in [2.24, 2.45) is 11.1 Å². The zero-order chi connectivity index (χ0) is 28.8. The molecule has 4 atom stereocenters. The number of anilines is 1. The van der Waals surface area contributed by atoms with Gasteiger partial charge >= 0.3 is 0 Å². The van der Waals surface area contributed by atoms with E-state index in [1.807, 2.05) is 6.92 Å². The topological polar surface area (TPSA) is 112 Å². The number of halogens is 2. The summed E-state index contributed by atoms with van der Waals surface area (Å²) in [5.41, 5.74) is 7.82. The van der Waals surface area contributed by atoms with E-state index in [1.54, 1.807) is 57.3 Å². The lowest BCUT2D eigenvalue weighted by atomic mass is 9.73. The van der Waals surface area contributed by atoms with Gasteiger partial charge in [-0.25, -0.2) is 4.98 Å². The Morgan fingerprint density at radius 2 is 1.90 bits per heavy atom. The SMILES string of the molecule is CNC(=O)c1ccc(O[C@@H]2C=CC(n3c(C)nc(N4CCC5(CC4)CO[C@@H](C)[C@H]5N)c(C)c3=O)=C(Cl)[C@@H]2Cl)cc1. The van der Waals surface area contributed by atoms with Gasteiger partial charge in [0.2, 0.25) is 0 Å². The average molecular weight is 589 g/mol. The molecule has 214 valence electrons. The summed E-state index contributed by atoms with van der Waals surface area (Å²) in [6, 6.07) is 6.76. The van der Waals surface area contributed by atoms with Gasteiger partial charge in [0.05, 0.1) is 29.0 Å². The monoisotopic (exact) mass is 587 g/mol. The number of amides is 1. The Morgan fingerprint density at radius 3 is 2.50 bits per heavy atom. The predicted octanol–water partition coefficient (Wildman–Crippen LogP) is 3.58. The van der Waals surface area contributed by atoms with Crippen molar-refractivity contribution in [1.82, 2.24) is 14.9 Å². The lowest BCUT2D eigenvalue weighted by Crippen LogP contribution is -2.51. The van der Waals surface area contributed by atoms with Crippen LogP contribution < -0.4 is 26.2 Å². The first kappa shape index (κ1) is 28.7. The molecule has 0 unspecified atom stereocenters. The fourth-order valence-corrected chi connectivity index (χ4v) is 6.36. The number of piperidine rings is 1. The van der Waals surface area contributed by atoms with Gasteiger partial charge in [-0.15, -0.1) is 11.6 Å². The maximum Gasteiger partial charge on any atom is 0.263 e. The van der Waals surface area contributed by atoms with E-state index in [0.717, 1.165) is 25.9 Å². The highest BCUT2D eigenvalue weighted by Crippen LogP contribution is 2.42.